The summed E-state index contributed by atoms with van der Waals surface area (Å²) in [5, 5.41) is 0. The third kappa shape index (κ3) is 2.63. The van der Waals surface area contributed by atoms with Crippen LogP contribution in [-0.4, -0.2) is 17.6 Å². The van der Waals surface area contributed by atoms with Crippen LogP contribution < -0.4 is 14.5 Å². The molecule has 0 saturated carbocycles. The van der Waals surface area contributed by atoms with Crippen molar-refractivity contribution in [1.29, 1.82) is 0 Å². The number of para-hydroxylation sites is 1. The highest BCUT2D eigenvalue weighted by Crippen LogP contribution is 2.44. The second-order valence-electron chi connectivity index (χ2n) is 6.21. The number of anilines is 2. The first-order valence-electron chi connectivity index (χ1n) is 8.32. The summed E-state index contributed by atoms with van der Waals surface area (Å²) in [5.41, 5.74) is 1.75. The molecule has 1 aromatic heterocycles. The van der Waals surface area contributed by atoms with Crippen molar-refractivity contribution >= 4 is 28.7 Å². The largest absolute Gasteiger partial charge is 0.497 e. The number of ether oxygens (including phenoxy) is 1. The van der Waals surface area contributed by atoms with Gasteiger partial charge in [0.2, 0.25) is 5.91 Å². The lowest BCUT2D eigenvalue weighted by atomic mass is 9.90. The number of carbonyl (C=O) groups excluding carboxylic acids is 1. The van der Waals surface area contributed by atoms with Gasteiger partial charge in [-0.2, -0.15) is 0 Å². The second-order valence-corrected chi connectivity index (χ2v) is 7.21. The first-order chi connectivity index (χ1) is 12.6. The van der Waals surface area contributed by atoms with Gasteiger partial charge in [0.05, 0.1) is 17.7 Å². The van der Waals surface area contributed by atoms with Crippen LogP contribution >= 0.6 is 11.3 Å². The summed E-state index contributed by atoms with van der Waals surface area (Å²) in [6.07, 6.45) is 0.314. The summed E-state index contributed by atoms with van der Waals surface area (Å²) in [4.78, 5) is 27.9. The van der Waals surface area contributed by atoms with Crippen molar-refractivity contribution in [3.05, 3.63) is 74.7 Å². The van der Waals surface area contributed by atoms with Crippen LogP contribution in [0.1, 0.15) is 22.8 Å². The van der Waals surface area contributed by atoms with Gasteiger partial charge in [0.15, 0.2) is 0 Å². The molecular weight excluding hydrogens is 348 g/mol. The van der Waals surface area contributed by atoms with Gasteiger partial charge in [-0.05, 0) is 29.8 Å². The molecule has 26 heavy (non-hydrogen) atoms. The van der Waals surface area contributed by atoms with Crippen LogP contribution in [0.2, 0.25) is 0 Å². The van der Waals surface area contributed by atoms with Gasteiger partial charge >= 0.3 is 4.87 Å². The van der Waals surface area contributed by atoms with E-state index < -0.39 is 0 Å². The molecule has 0 radical (unpaired) electrons. The molecule has 1 aliphatic rings. The van der Waals surface area contributed by atoms with Gasteiger partial charge in [-0.15, -0.1) is 0 Å². The zero-order valence-corrected chi connectivity index (χ0v) is 15.3. The molecule has 0 fully saturated rings. The molecule has 2 heterocycles. The number of aromatic nitrogens is 1. The Labute approximate surface area is 155 Å². The normalized spacial score (nSPS) is 16.5. The predicted octanol–water partition coefficient (Wildman–Crippen LogP) is 3.66. The van der Waals surface area contributed by atoms with Crippen LogP contribution in [0.25, 0.3) is 0 Å². The van der Waals surface area contributed by atoms with Crippen molar-refractivity contribution in [3.63, 3.8) is 0 Å². The minimum Gasteiger partial charge on any atom is -0.497 e. The van der Waals surface area contributed by atoms with E-state index in [4.69, 9.17) is 4.74 Å². The highest BCUT2D eigenvalue weighted by Gasteiger charge is 2.37. The summed E-state index contributed by atoms with van der Waals surface area (Å²) in [6.45, 7) is 0. The second kappa shape index (κ2) is 6.46. The maximum Gasteiger partial charge on any atom is 0.308 e. The van der Waals surface area contributed by atoms with Crippen LogP contribution in [-0.2, 0) is 11.8 Å². The van der Waals surface area contributed by atoms with Gasteiger partial charge in [-0.1, -0.05) is 41.7 Å². The summed E-state index contributed by atoms with van der Waals surface area (Å²) in [6, 6.07) is 17.2. The highest BCUT2D eigenvalue weighted by atomic mass is 32.1. The molecule has 1 atom stereocenters. The average Bonchev–Trinajstić information content (AvgIpc) is 2.97. The van der Waals surface area contributed by atoms with E-state index in [-0.39, 0.29) is 16.7 Å². The van der Waals surface area contributed by atoms with E-state index in [9.17, 15) is 9.59 Å². The molecule has 5 nitrogen and oxygen atoms in total. The van der Waals surface area contributed by atoms with Crippen molar-refractivity contribution in [2.45, 2.75) is 12.3 Å². The topological polar surface area (TPSA) is 51.5 Å². The molecule has 4 rings (SSSR count). The lowest BCUT2D eigenvalue weighted by Gasteiger charge is -2.32. The molecule has 0 aliphatic carbocycles. The number of hydrogen-bond acceptors (Lipinski definition) is 4. The molecule has 1 amide bonds. The summed E-state index contributed by atoms with van der Waals surface area (Å²) < 4.78 is 6.89. The van der Waals surface area contributed by atoms with Gasteiger partial charge in [0.1, 0.15) is 11.6 Å². The maximum absolute atomic E-state index is 13.0. The number of benzene rings is 2. The number of thiazole rings is 1. The molecule has 132 valence electrons. The Morgan fingerprint density at radius 1 is 1.08 bits per heavy atom. The Hall–Kier alpha value is -2.86. The number of rotatable bonds is 3. The quantitative estimate of drug-likeness (QED) is 0.711. The molecule has 0 N–H and O–H groups in total. The molecule has 6 heteroatoms. The fourth-order valence-electron chi connectivity index (χ4n) is 3.39. The van der Waals surface area contributed by atoms with E-state index in [1.54, 1.807) is 23.6 Å². The van der Waals surface area contributed by atoms with Crippen molar-refractivity contribution in [2.75, 3.05) is 12.0 Å². The monoisotopic (exact) mass is 366 g/mol. The Kier molecular flexibility index (Phi) is 4.12. The van der Waals surface area contributed by atoms with Crippen molar-refractivity contribution in [3.8, 4) is 5.75 Å². The Morgan fingerprint density at radius 2 is 1.85 bits per heavy atom. The third-order valence-corrected chi connectivity index (χ3v) is 5.81. The van der Waals surface area contributed by atoms with Crippen LogP contribution in [0, 0.1) is 0 Å². The van der Waals surface area contributed by atoms with E-state index in [1.807, 2.05) is 54.6 Å². The number of hydrogen-bond donors (Lipinski definition) is 0. The third-order valence-electron chi connectivity index (χ3n) is 4.68. The fraction of sp³-hybridized carbons (Fsp3) is 0.200. The molecule has 0 bridgehead atoms. The number of carbonyl (C=O) groups is 1. The van der Waals surface area contributed by atoms with Crippen molar-refractivity contribution < 1.29 is 9.53 Å². The molecular formula is C20H18N2O3S. The average molecular weight is 366 g/mol. The first kappa shape index (κ1) is 16.6. The number of methoxy groups -OCH3 is 1. The number of nitrogens with zero attached hydrogens (tertiary/aromatic N) is 2. The van der Waals surface area contributed by atoms with E-state index >= 15 is 0 Å². The smallest absolute Gasteiger partial charge is 0.308 e. The van der Waals surface area contributed by atoms with Gasteiger partial charge in [0, 0.05) is 19.4 Å². The van der Waals surface area contributed by atoms with Gasteiger partial charge < -0.3 is 4.74 Å². The first-order valence-corrected chi connectivity index (χ1v) is 9.13. The van der Waals surface area contributed by atoms with Crippen molar-refractivity contribution in [2.24, 2.45) is 7.05 Å². The zero-order chi connectivity index (χ0) is 18.3. The van der Waals surface area contributed by atoms with Crippen LogP contribution in [0.3, 0.4) is 0 Å². The Balaban J connectivity index is 1.89. The van der Waals surface area contributed by atoms with E-state index in [1.165, 1.54) is 11.3 Å². The minimum absolute atomic E-state index is 0.0232. The van der Waals surface area contributed by atoms with E-state index in [0.29, 0.717) is 12.2 Å². The van der Waals surface area contributed by atoms with Crippen LogP contribution in [0.5, 0.6) is 5.75 Å². The summed E-state index contributed by atoms with van der Waals surface area (Å²) in [5.74, 6) is 1.23. The SMILES string of the molecule is COc1cccc([C@H]2CC(=O)N(c3ccccc3)c3c2sc(=O)n3C)c1. The predicted molar refractivity (Wildman–Crippen MR) is 103 cm³/mol. The van der Waals surface area contributed by atoms with Gasteiger partial charge in [-0.25, -0.2) is 0 Å². The van der Waals surface area contributed by atoms with Crippen molar-refractivity contribution in [1.82, 2.24) is 4.57 Å². The standard InChI is InChI=1S/C20H18N2O3S/c1-21-19-18(26-20(21)24)16(13-7-6-10-15(11-13)25-2)12-17(23)22(19)14-8-4-3-5-9-14/h3-11,16H,12H2,1-2H3/t16-/m1/s1. The number of fused-ring (bicyclic) bond motifs is 1. The van der Waals surface area contributed by atoms with Gasteiger partial charge in [-0.3, -0.25) is 19.1 Å². The molecule has 1 aliphatic heterocycles. The molecule has 2 aromatic carbocycles. The maximum atomic E-state index is 13.0. The highest BCUT2D eigenvalue weighted by molar-refractivity contribution is 7.10. The fourth-order valence-corrected chi connectivity index (χ4v) is 4.49. The Bertz CT molecular complexity index is 1020. The molecule has 0 unspecified atom stereocenters. The number of amides is 1. The minimum atomic E-state index is -0.147. The molecule has 3 aromatic rings. The summed E-state index contributed by atoms with van der Waals surface area (Å²) in [7, 11) is 3.34. The van der Waals surface area contributed by atoms with Gasteiger partial charge in [0.25, 0.3) is 0 Å². The van der Waals surface area contributed by atoms with E-state index in [2.05, 4.69) is 0 Å². The lowest BCUT2D eigenvalue weighted by Crippen LogP contribution is -2.34. The molecule has 0 spiro atoms. The van der Waals surface area contributed by atoms with E-state index in [0.717, 1.165) is 21.9 Å². The Morgan fingerprint density at radius 3 is 2.58 bits per heavy atom. The molecule has 0 saturated heterocycles. The van der Waals surface area contributed by atoms with Crippen LogP contribution in [0.4, 0.5) is 11.5 Å². The van der Waals surface area contributed by atoms with Crippen LogP contribution in [0.15, 0.2) is 59.4 Å². The summed E-state index contributed by atoms with van der Waals surface area (Å²) >= 11 is 1.21. The lowest BCUT2D eigenvalue weighted by molar-refractivity contribution is -0.118. The zero-order valence-electron chi connectivity index (χ0n) is 14.5.